The Kier molecular flexibility index (Phi) is 38.1. The van der Waals surface area contributed by atoms with Gasteiger partial charge in [0, 0.05) is 55.1 Å². The Bertz CT molecular complexity index is 4190. The molecular weight excluding hydrogens is 1760 g/mol. The summed E-state index contributed by atoms with van der Waals surface area (Å²) < 4.78 is 62.0. The van der Waals surface area contributed by atoms with Gasteiger partial charge in [-0.15, -0.1) is 45.3 Å². The van der Waals surface area contributed by atoms with Crippen molar-refractivity contribution in [2.45, 2.75) is 413 Å². The lowest BCUT2D eigenvalue weighted by molar-refractivity contribution is 0.00578. The molecule has 4 aliphatic heterocycles. The van der Waals surface area contributed by atoms with Gasteiger partial charge in [-0.2, -0.15) is 17.5 Å². The van der Waals surface area contributed by atoms with E-state index < -0.39 is 47.8 Å². The minimum absolute atomic E-state index is 0. The van der Waals surface area contributed by atoms with Gasteiger partial charge in [-0.05, 0) is 222 Å². The zero-order valence-corrected chi connectivity index (χ0v) is 87.8. The van der Waals surface area contributed by atoms with Crippen molar-refractivity contribution in [2.75, 3.05) is 0 Å². The maximum Gasteiger partial charge on any atom is 0.497 e. The fourth-order valence-corrected chi connectivity index (χ4v) is 26.1. The molecule has 12 rings (SSSR count). The lowest BCUT2D eigenvalue weighted by Crippen LogP contribution is -2.41. The van der Waals surface area contributed by atoms with Crippen LogP contribution in [0, 0.1) is 71.0 Å². The molecule has 0 aliphatic carbocycles. The first-order chi connectivity index (χ1) is 57.8. The summed E-state index contributed by atoms with van der Waals surface area (Å²) >= 11 is 18.1. The summed E-state index contributed by atoms with van der Waals surface area (Å²) in [6.45, 7) is 55.4. The normalized spacial score (nSPS) is 20.1. The van der Waals surface area contributed by atoms with Crippen LogP contribution >= 0.6 is 101 Å². The zero-order valence-electron chi connectivity index (χ0n) is 79.8. The smallest absolute Gasteiger partial charge is 0.481 e. The van der Waals surface area contributed by atoms with Crippen molar-refractivity contribution in [1.82, 2.24) is 17.5 Å². The van der Waals surface area contributed by atoms with Gasteiger partial charge in [0.25, 0.3) is 0 Å². The first-order valence-electron chi connectivity index (χ1n) is 48.2. The van der Waals surface area contributed by atoms with E-state index in [2.05, 4.69) is 188 Å². The van der Waals surface area contributed by atoms with Crippen LogP contribution in [0.4, 0.5) is 0 Å². The lowest BCUT2D eigenvalue weighted by atomic mass is 9.72. The van der Waals surface area contributed by atoms with Gasteiger partial charge in [0.2, 0.25) is 0 Å². The van der Waals surface area contributed by atoms with E-state index in [0.717, 1.165) is 125 Å². The fraction of sp³-hybridized carbons (Fsp3) is 0.728. The van der Waals surface area contributed by atoms with Crippen molar-refractivity contribution >= 4 is 148 Å². The molecule has 6 aromatic heterocycles. The summed E-state index contributed by atoms with van der Waals surface area (Å²) in [6.07, 6.45) is 40.9. The van der Waals surface area contributed by atoms with Gasteiger partial charge in [0.15, 0.2) is 0 Å². The van der Waals surface area contributed by atoms with Crippen molar-refractivity contribution in [3.8, 4) is 51.9 Å². The van der Waals surface area contributed by atoms with E-state index in [1.54, 1.807) is 0 Å². The van der Waals surface area contributed by atoms with Gasteiger partial charge >= 0.3 is 14.2 Å². The van der Waals surface area contributed by atoms with Crippen LogP contribution in [0.15, 0.2) is 56.1 Å². The van der Waals surface area contributed by atoms with Gasteiger partial charge < -0.3 is 28.1 Å². The fourth-order valence-electron chi connectivity index (χ4n) is 19.1. The molecule has 10 heterocycles. The summed E-state index contributed by atoms with van der Waals surface area (Å²) in [6, 6.07) is 18.5. The number of ether oxygens (including phenoxy) is 2. The topological polar surface area (TPSA) is 107 Å². The van der Waals surface area contributed by atoms with Gasteiger partial charge in [-0.1, -0.05) is 297 Å². The van der Waals surface area contributed by atoms with Crippen LogP contribution in [0.2, 0.25) is 0 Å². The molecule has 0 bridgehead atoms. The maximum atomic E-state index is 7.66. The number of aromatic nitrogens is 4. The van der Waals surface area contributed by atoms with Crippen LogP contribution in [0.1, 0.15) is 390 Å². The molecule has 123 heavy (non-hydrogen) atoms. The van der Waals surface area contributed by atoms with Crippen molar-refractivity contribution in [3.63, 3.8) is 0 Å². The molecule has 0 spiro atoms. The van der Waals surface area contributed by atoms with Gasteiger partial charge in [-0.25, -0.2) is 0 Å². The Morgan fingerprint density at radius 3 is 0.813 bits per heavy atom. The van der Waals surface area contributed by atoms with Crippen molar-refractivity contribution in [3.05, 3.63) is 67.2 Å². The number of hydrogen-bond donors (Lipinski definition) is 0. The summed E-state index contributed by atoms with van der Waals surface area (Å²) in [5, 5.41) is 0. The Morgan fingerprint density at radius 2 is 0.553 bits per heavy atom. The van der Waals surface area contributed by atoms with E-state index in [-0.39, 0.29) is 7.43 Å². The monoisotopic (exact) mass is 1920 g/mol. The minimum atomic E-state index is -0.478. The first kappa shape index (κ1) is 103. The molecule has 0 saturated carbocycles. The zero-order chi connectivity index (χ0) is 88.2. The van der Waals surface area contributed by atoms with E-state index in [0.29, 0.717) is 23.7 Å². The average Bonchev–Trinajstić information content (AvgIpc) is 1.27. The van der Waals surface area contributed by atoms with Gasteiger partial charge in [0.05, 0.1) is 72.9 Å². The van der Waals surface area contributed by atoms with Crippen molar-refractivity contribution in [1.29, 1.82) is 0 Å². The molecule has 4 aliphatic rings. The predicted octanol–water partition coefficient (Wildman–Crippen LogP) is 34.4. The first-order valence-corrected chi connectivity index (χ1v) is 54.5. The van der Waals surface area contributed by atoms with Crippen LogP contribution in [-0.2, 0) is 29.8 Å². The third-order valence-electron chi connectivity index (χ3n) is 28.9. The molecule has 8 atom stereocenters. The Labute approximate surface area is 789 Å². The molecule has 0 amide bonds. The number of hydrogen-bond acceptors (Lipinski definition) is 16. The molecule has 20 heteroatoms. The summed E-state index contributed by atoms with van der Waals surface area (Å²) in [4.78, 5) is 7.88. The predicted molar refractivity (Wildman–Crippen MR) is 547 cm³/mol. The molecule has 10 nitrogen and oxygen atoms in total. The highest BCUT2D eigenvalue weighted by atomic mass is 79.9. The number of benzene rings is 2. The molecule has 8 aromatic rings. The summed E-state index contributed by atoms with van der Waals surface area (Å²) in [5.74, 6) is 11.1. The number of nitrogens with zero attached hydrogens (tertiary/aromatic N) is 4. The maximum absolute atomic E-state index is 7.66. The highest BCUT2D eigenvalue weighted by Crippen LogP contribution is 2.61. The van der Waals surface area contributed by atoms with Gasteiger partial charge in [0.1, 0.15) is 44.8 Å². The number of rotatable bonds is 48. The molecular formula is C103H160B2Br2N4O6S6. The second-order valence-electron chi connectivity index (χ2n) is 42.9. The molecule has 0 N–H and O–H groups in total. The van der Waals surface area contributed by atoms with Crippen LogP contribution in [-0.4, -0.2) is 54.1 Å². The van der Waals surface area contributed by atoms with E-state index in [1.807, 2.05) is 113 Å². The minimum Gasteiger partial charge on any atom is -0.481 e. The molecule has 2 aromatic carbocycles. The SMILES string of the molecule is C.CC(C)CCCC(C)CCCC(C)CCC1(CCC(C)CCCC(C)CCCC(C)C)Oc2cc(Br)sc2-c2sc(-c3ccc(-c4cc5c(s4)-c4sc(Br)cc4OC5(CCC(C)CCCC(C)CCCC(C)C)CCC(C)CCCC(C)CCCC(C)C)c4nsnc34)cc21.CC1(C)OB(c2ccc(B3OC(C)(C)C(C)(C)O3)c3nsnc23)OC1(C)C. The Balaban J connectivity index is 0.000000475. The Morgan fingerprint density at radius 1 is 0.309 bits per heavy atom. The van der Waals surface area contributed by atoms with Gasteiger partial charge in [-0.3, -0.25) is 0 Å². The highest BCUT2D eigenvalue weighted by molar-refractivity contribution is 9.11. The quantitative estimate of drug-likeness (QED) is 0.0342. The van der Waals surface area contributed by atoms with E-state index in [1.165, 1.54) is 255 Å². The lowest BCUT2D eigenvalue weighted by Gasteiger charge is -2.39. The molecule has 0 radical (unpaired) electrons. The van der Waals surface area contributed by atoms with Crippen LogP contribution in [0.5, 0.6) is 11.5 Å². The van der Waals surface area contributed by atoms with E-state index >= 15 is 0 Å². The van der Waals surface area contributed by atoms with Crippen LogP contribution < -0.4 is 20.4 Å². The molecule has 2 fully saturated rings. The van der Waals surface area contributed by atoms with Crippen molar-refractivity contribution in [2.24, 2.45) is 71.0 Å². The third-order valence-corrected chi connectivity index (χ3v) is 35.9. The second-order valence-corrected chi connectivity index (χ2v) is 50.9. The molecule has 8 unspecified atom stereocenters. The van der Waals surface area contributed by atoms with E-state index in [9.17, 15) is 0 Å². The Hall–Kier alpha value is -2.59. The van der Waals surface area contributed by atoms with Crippen LogP contribution in [0.25, 0.3) is 62.5 Å². The summed E-state index contributed by atoms with van der Waals surface area (Å²) in [5.41, 5.74) is 8.14. The van der Waals surface area contributed by atoms with Crippen LogP contribution in [0.3, 0.4) is 0 Å². The largest absolute Gasteiger partial charge is 0.497 e. The summed E-state index contributed by atoms with van der Waals surface area (Å²) in [7, 11) is -0.956. The third kappa shape index (κ3) is 26.9. The molecule has 684 valence electrons. The van der Waals surface area contributed by atoms with E-state index in [4.69, 9.17) is 36.8 Å². The average molecular weight is 1920 g/mol. The second kappa shape index (κ2) is 45.7. The van der Waals surface area contributed by atoms with Crippen molar-refractivity contribution < 1.29 is 28.1 Å². The number of halogens is 2. The highest BCUT2D eigenvalue weighted by Gasteiger charge is 2.55. The standard InChI is InChI=1S/C84H130Br2N2O2S5.C18H26B2N2O4S.CH4/c1-55(2)25-17-29-59(9)33-21-37-63(13)43-47-83(48-44-64(14)38-22-34-60(10)30-18-26-56(3)4)69-51-73(91-79(69)81-71(89-83)53-75(85)93-81)67-41-42-68(78-77(67)87-95-88-78)74-52-70-80(92-74)82-72(54-76(86)94-82)90-84(70,49-45-65(15)39-23-35-61(11)31-19-27-57(5)6)50-46-66(16)40-24-36-62(12)32-20-28-58(7)8;1-15(2)16(3,4)24-19(23-15)11-9-10-12(14-13(11)21-27-22-14)20-25-17(5,6)18(7,8)26-20;/h41-42,51-66H,17-40,43-50H2,1-16H3;9-10H,1-8H3;1H4. The number of fused-ring (bicyclic) bond motifs is 8. The number of thiophene rings is 4. The molecule has 2 saturated heterocycles.